The maximum Gasteiger partial charge on any atom is 0.330 e. The number of hydrogen-bond acceptors (Lipinski definition) is 3. The monoisotopic (exact) mass is 229 g/mol. The molecule has 1 saturated heterocycles. The maximum absolute atomic E-state index is 11.4. The van der Waals surface area contributed by atoms with Crippen LogP contribution in [-0.4, -0.2) is 34.0 Å². The fourth-order valence-electron chi connectivity index (χ4n) is 1.45. The predicted molar refractivity (Wildman–Crippen MR) is 59.9 cm³/mol. The SMILES string of the molecule is C=CCCC(=O)NC1(C(=O)O)CCSC1. The van der Waals surface area contributed by atoms with Crippen LogP contribution in [0.1, 0.15) is 19.3 Å². The van der Waals surface area contributed by atoms with Crippen LogP contribution in [0, 0.1) is 0 Å². The summed E-state index contributed by atoms with van der Waals surface area (Å²) >= 11 is 1.56. The maximum atomic E-state index is 11.4. The average Bonchev–Trinajstić information content (AvgIpc) is 2.64. The zero-order valence-corrected chi connectivity index (χ0v) is 9.31. The van der Waals surface area contributed by atoms with Crippen LogP contribution in [0.5, 0.6) is 0 Å². The first-order valence-electron chi connectivity index (χ1n) is 4.84. The van der Waals surface area contributed by atoms with Gasteiger partial charge in [-0.3, -0.25) is 4.79 Å². The second kappa shape index (κ2) is 5.21. The number of hydrogen-bond donors (Lipinski definition) is 2. The number of rotatable bonds is 5. The highest BCUT2D eigenvalue weighted by Crippen LogP contribution is 2.28. The van der Waals surface area contributed by atoms with Crippen LogP contribution >= 0.6 is 11.8 Å². The number of aliphatic carboxylic acids is 1. The zero-order valence-electron chi connectivity index (χ0n) is 8.49. The van der Waals surface area contributed by atoms with Crippen molar-refractivity contribution in [3.63, 3.8) is 0 Å². The molecule has 1 amide bonds. The van der Waals surface area contributed by atoms with Crippen molar-refractivity contribution in [2.75, 3.05) is 11.5 Å². The van der Waals surface area contributed by atoms with Crippen molar-refractivity contribution < 1.29 is 14.7 Å². The normalized spacial score (nSPS) is 24.8. The molecule has 5 heteroatoms. The highest BCUT2D eigenvalue weighted by atomic mass is 32.2. The fourth-order valence-corrected chi connectivity index (χ4v) is 2.77. The molecule has 1 aliphatic rings. The third kappa shape index (κ3) is 2.99. The number of carboxylic acid groups (broad SMARTS) is 1. The van der Waals surface area contributed by atoms with Gasteiger partial charge in [0.1, 0.15) is 5.54 Å². The van der Waals surface area contributed by atoms with E-state index in [0.29, 0.717) is 25.0 Å². The molecular weight excluding hydrogens is 214 g/mol. The van der Waals surface area contributed by atoms with Gasteiger partial charge < -0.3 is 10.4 Å². The number of carbonyl (C=O) groups excluding carboxylic acids is 1. The van der Waals surface area contributed by atoms with E-state index in [1.54, 1.807) is 17.8 Å². The van der Waals surface area contributed by atoms with Crippen molar-refractivity contribution in [3.8, 4) is 0 Å². The molecule has 1 heterocycles. The van der Waals surface area contributed by atoms with Crippen molar-refractivity contribution in [1.82, 2.24) is 5.32 Å². The van der Waals surface area contributed by atoms with Crippen molar-refractivity contribution in [3.05, 3.63) is 12.7 Å². The molecule has 0 aromatic heterocycles. The van der Waals surface area contributed by atoms with Crippen LogP contribution < -0.4 is 5.32 Å². The number of thioether (sulfide) groups is 1. The van der Waals surface area contributed by atoms with Crippen LogP contribution in [0.25, 0.3) is 0 Å². The van der Waals surface area contributed by atoms with Crippen molar-refractivity contribution in [2.45, 2.75) is 24.8 Å². The van der Waals surface area contributed by atoms with Crippen LogP contribution in [0.3, 0.4) is 0 Å². The van der Waals surface area contributed by atoms with E-state index in [-0.39, 0.29) is 5.91 Å². The molecule has 4 nitrogen and oxygen atoms in total. The number of carboxylic acids is 1. The van der Waals surface area contributed by atoms with Crippen molar-refractivity contribution >= 4 is 23.6 Å². The summed E-state index contributed by atoms with van der Waals surface area (Å²) in [5.74, 6) is 0.107. The molecule has 15 heavy (non-hydrogen) atoms. The Morgan fingerprint density at radius 2 is 2.33 bits per heavy atom. The van der Waals surface area contributed by atoms with E-state index in [0.717, 1.165) is 5.75 Å². The van der Waals surface area contributed by atoms with Gasteiger partial charge in [0.15, 0.2) is 0 Å². The van der Waals surface area contributed by atoms with E-state index in [1.165, 1.54) is 0 Å². The van der Waals surface area contributed by atoms with Gasteiger partial charge in [-0.25, -0.2) is 4.79 Å². The van der Waals surface area contributed by atoms with Gasteiger partial charge in [0.2, 0.25) is 5.91 Å². The van der Waals surface area contributed by atoms with E-state index >= 15 is 0 Å². The summed E-state index contributed by atoms with van der Waals surface area (Å²) in [5.41, 5.74) is -1.04. The topological polar surface area (TPSA) is 66.4 Å². The van der Waals surface area contributed by atoms with E-state index in [2.05, 4.69) is 11.9 Å². The van der Waals surface area contributed by atoms with Gasteiger partial charge in [-0.1, -0.05) is 6.08 Å². The zero-order chi connectivity index (χ0) is 11.3. The number of amides is 1. The lowest BCUT2D eigenvalue weighted by Gasteiger charge is -2.24. The van der Waals surface area contributed by atoms with Crippen LogP contribution in [0.4, 0.5) is 0 Å². The van der Waals surface area contributed by atoms with Crippen molar-refractivity contribution in [2.24, 2.45) is 0 Å². The van der Waals surface area contributed by atoms with Gasteiger partial charge in [-0.05, 0) is 18.6 Å². The fraction of sp³-hybridized carbons (Fsp3) is 0.600. The first-order valence-corrected chi connectivity index (χ1v) is 5.99. The molecule has 0 bridgehead atoms. The molecule has 1 unspecified atom stereocenters. The summed E-state index contributed by atoms with van der Waals surface area (Å²) in [6, 6.07) is 0. The van der Waals surface area contributed by atoms with E-state index in [1.807, 2.05) is 0 Å². The lowest BCUT2D eigenvalue weighted by molar-refractivity contribution is -0.146. The van der Waals surface area contributed by atoms with Gasteiger partial charge in [0.25, 0.3) is 0 Å². The largest absolute Gasteiger partial charge is 0.479 e. The molecule has 2 N–H and O–H groups in total. The summed E-state index contributed by atoms with van der Waals surface area (Å²) in [6.45, 7) is 3.52. The third-order valence-corrected chi connectivity index (χ3v) is 3.57. The van der Waals surface area contributed by atoms with E-state index in [4.69, 9.17) is 5.11 Å². The Bertz CT molecular complexity index is 272. The lowest BCUT2D eigenvalue weighted by Crippen LogP contribution is -2.54. The Morgan fingerprint density at radius 1 is 1.60 bits per heavy atom. The molecule has 0 aromatic rings. The summed E-state index contributed by atoms with van der Waals surface area (Å²) in [5, 5.41) is 11.7. The molecule has 1 fully saturated rings. The second-order valence-corrected chi connectivity index (χ2v) is 4.67. The van der Waals surface area contributed by atoms with Crippen LogP contribution in [0.2, 0.25) is 0 Å². The number of carbonyl (C=O) groups is 2. The first kappa shape index (κ1) is 12.1. The standard InChI is InChI=1S/C10H15NO3S/c1-2-3-4-8(12)11-10(9(13)14)5-6-15-7-10/h2H,1,3-7H2,(H,11,12)(H,13,14). The van der Waals surface area contributed by atoms with Gasteiger partial charge in [0, 0.05) is 12.2 Å². The second-order valence-electron chi connectivity index (χ2n) is 3.57. The number of allylic oxidation sites excluding steroid dienone is 1. The Labute approximate surface area is 93.1 Å². The number of nitrogens with one attached hydrogen (secondary N) is 1. The molecule has 0 radical (unpaired) electrons. The van der Waals surface area contributed by atoms with Gasteiger partial charge in [-0.2, -0.15) is 11.8 Å². The molecule has 1 aliphatic heterocycles. The minimum Gasteiger partial charge on any atom is -0.479 e. The summed E-state index contributed by atoms with van der Waals surface area (Å²) in [7, 11) is 0. The van der Waals surface area contributed by atoms with Crippen LogP contribution in [-0.2, 0) is 9.59 Å². The average molecular weight is 229 g/mol. The van der Waals surface area contributed by atoms with Gasteiger partial charge >= 0.3 is 5.97 Å². The molecule has 84 valence electrons. The molecule has 0 aliphatic carbocycles. The highest BCUT2D eigenvalue weighted by Gasteiger charge is 2.42. The summed E-state index contributed by atoms with van der Waals surface area (Å²) in [6.07, 6.45) is 3.04. The predicted octanol–water partition coefficient (Wildman–Crippen LogP) is 1.03. The smallest absolute Gasteiger partial charge is 0.330 e. The summed E-state index contributed by atoms with van der Waals surface area (Å²) < 4.78 is 0. The minimum absolute atomic E-state index is 0.209. The Kier molecular flexibility index (Phi) is 4.20. The molecule has 1 atom stereocenters. The Hall–Kier alpha value is -0.970. The quantitative estimate of drug-likeness (QED) is 0.691. The molecule has 0 saturated carbocycles. The molecular formula is C10H15NO3S. The van der Waals surface area contributed by atoms with E-state index < -0.39 is 11.5 Å². The lowest BCUT2D eigenvalue weighted by atomic mass is 9.99. The Balaban J connectivity index is 2.55. The van der Waals surface area contributed by atoms with Gasteiger partial charge in [-0.15, -0.1) is 6.58 Å². The highest BCUT2D eigenvalue weighted by molar-refractivity contribution is 7.99. The minimum atomic E-state index is -1.04. The van der Waals surface area contributed by atoms with Crippen molar-refractivity contribution in [1.29, 1.82) is 0 Å². The first-order chi connectivity index (χ1) is 7.10. The van der Waals surface area contributed by atoms with Gasteiger partial charge in [0.05, 0.1) is 0 Å². The molecule has 0 aromatic carbocycles. The molecule has 0 spiro atoms. The van der Waals surface area contributed by atoms with E-state index in [9.17, 15) is 9.59 Å². The van der Waals surface area contributed by atoms with Crippen LogP contribution in [0.15, 0.2) is 12.7 Å². The summed E-state index contributed by atoms with van der Waals surface area (Å²) in [4.78, 5) is 22.5. The third-order valence-electron chi connectivity index (χ3n) is 2.39. The molecule has 1 rings (SSSR count). The Morgan fingerprint density at radius 3 is 2.80 bits per heavy atom.